The van der Waals surface area contributed by atoms with Crippen LogP contribution in [0.5, 0.6) is 0 Å². The van der Waals surface area contributed by atoms with Crippen molar-refractivity contribution < 1.29 is 0 Å². The Kier molecular flexibility index (Phi) is 8.38. The Morgan fingerprint density at radius 1 is 1.11 bits per heavy atom. The average Bonchev–Trinajstić information content (AvgIpc) is 2.69. The predicted molar refractivity (Wildman–Crippen MR) is 85.4 cm³/mol. The first-order valence-electron chi connectivity index (χ1n) is 7.63. The van der Waals surface area contributed by atoms with Gasteiger partial charge in [0.05, 0.1) is 15.9 Å². The molecule has 1 rings (SSSR count). The number of aromatic nitrogens is 2. The van der Waals surface area contributed by atoms with Gasteiger partial charge in [0.15, 0.2) is 0 Å². The van der Waals surface area contributed by atoms with E-state index >= 15 is 0 Å². The number of nitrogens with zero attached hydrogens (tertiary/aromatic N) is 2. The molecule has 3 nitrogen and oxygen atoms in total. The molecule has 0 aliphatic rings. The molecule has 0 saturated heterocycles. The quantitative estimate of drug-likeness (QED) is 0.644. The third-order valence-corrected chi connectivity index (χ3v) is 4.48. The van der Waals surface area contributed by atoms with Gasteiger partial charge >= 0.3 is 0 Å². The second-order valence-electron chi connectivity index (χ2n) is 5.11. The molecule has 1 heterocycles. The molecule has 0 atom stereocenters. The maximum Gasteiger partial charge on any atom is 0.0739 e. The largest absolute Gasteiger partial charge is 0.311 e. The molecule has 0 radical (unpaired) electrons. The van der Waals surface area contributed by atoms with Crippen molar-refractivity contribution in [3.05, 3.63) is 15.9 Å². The molecule has 1 N–H and O–H groups in total. The second-order valence-corrected chi connectivity index (χ2v) is 5.90. The van der Waals surface area contributed by atoms with Gasteiger partial charge in [-0.1, -0.05) is 39.0 Å². The van der Waals surface area contributed by atoms with Crippen molar-refractivity contribution in [1.82, 2.24) is 15.1 Å². The Bertz CT molecular complexity index is 361. The Morgan fingerprint density at radius 2 is 1.79 bits per heavy atom. The van der Waals surface area contributed by atoms with Crippen molar-refractivity contribution in [2.45, 2.75) is 72.4 Å². The van der Waals surface area contributed by atoms with Crippen LogP contribution in [0, 0.1) is 6.92 Å². The van der Waals surface area contributed by atoms with Gasteiger partial charge in [-0.05, 0) is 42.7 Å². The van der Waals surface area contributed by atoms with Gasteiger partial charge in [0.1, 0.15) is 0 Å². The fourth-order valence-electron chi connectivity index (χ4n) is 2.27. The Hall–Kier alpha value is -0.350. The van der Waals surface area contributed by atoms with Crippen molar-refractivity contribution in [3.63, 3.8) is 0 Å². The molecule has 110 valence electrons. The molecule has 0 unspecified atom stereocenters. The summed E-state index contributed by atoms with van der Waals surface area (Å²) in [5.41, 5.74) is 2.35. The lowest BCUT2D eigenvalue weighted by molar-refractivity contribution is 0.546. The highest BCUT2D eigenvalue weighted by atomic mass is 79.9. The molecule has 0 fully saturated rings. The van der Waals surface area contributed by atoms with Crippen molar-refractivity contribution in [1.29, 1.82) is 0 Å². The van der Waals surface area contributed by atoms with Crippen LogP contribution in [0.25, 0.3) is 0 Å². The van der Waals surface area contributed by atoms with Crippen LogP contribution in [0.2, 0.25) is 0 Å². The molecule has 1 aromatic rings. The number of nitrogens with one attached hydrogen (secondary N) is 1. The third kappa shape index (κ3) is 5.65. The molecular weight excluding hydrogens is 302 g/mol. The zero-order valence-corrected chi connectivity index (χ0v) is 14.2. The molecule has 0 aliphatic heterocycles. The van der Waals surface area contributed by atoms with Crippen molar-refractivity contribution in [2.75, 3.05) is 6.54 Å². The minimum atomic E-state index is 0.907. The summed E-state index contributed by atoms with van der Waals surface area (Å²) < 4.78 is 3.23. The molecule has 1 aromatic heterocycles. The van der Waals surface area contributed by atoms with Gasteiger partial charge in [-0.25, -0.2) is 0 Å². The Labute approximate surface area is 126 Å². The van der Waals surface area contributed by atoms with Gasteiger partial charge in [-0.15, -0.1) is 0 Å². The molecule has 19 heavy (non-hydrogen) atoms. The highest BCUT2D eigenvalue weighted by Crippen LogP contribution is 2.20. The van der Waals surface area contributed by atoms with E-state index in [4.69, 9.17) is 0 Å². The van der Waals surface area contributed by atoms with Crippen LogP contribution >= 0.6 is 15.9 Å². The molecular formula is C15H28BrN3. The van der Waals surface area contributed by atoms with Crippen LogP contribution in [-0.4, -0.2) is 16.3 Å². The Morgan fingerprint density at radius 3 is 2.47 bits per heavy atom. The maximum absolute atomic E-state index is 4.51. The van der Waals surface area contributed by atoms with Crippen molar-refractivity contribution in [2.24, 2.45) is 0 Å². The summed E-state index contributed by atoms with van der Waals surface area (Å²) in [5, 5.41) is 8.04. The molecule has 0 aliphatic carbocycles. The zero-order valence-electron chi connectivity index (χ0n) is 12.6. The average molecular weight is 330 g/mol. The topological polar surface area (TPSA) is 29.9 Å². The minimum Gasteiger partial charge on any atom is -0.311 e. The standard InChI is InChI=1S/C15H28BrN3/c1-4-6-7-8-9-10-11-17-12-14-15(16)13(3)18-19(14)5-2/h17H,4-12H2,1-3H3. The van der Waals surface area contributed by atoms with Gasteiger partial charge in [-0.3, -0.25) is 4.68 Å². The second kappa shape index (κ2) is 9.54. The first-order chi connectivity index (χ1) is 9.20. The minimum absolute atomic E-state index is 0.907. The van der Waals surface area contributed by atoms with E-state index < -0.39 is 0 Å². The van der Waals surface area contributed by atoms with Gasteiger partial charge in [0.2, 0.25) is 0 Å². The number of aryl methyl sites for hydroxylation is 2. The van der Waals surface area contributed by atoms with Crippen LogP contribution in [0.1, 0.15) is 63.8 Å². The Balaban J connectivity index is 2.19. The number of hydrogen-bond donors (Lipinski definition) is 1. The van der Waals surface area contributed by atoms with Crippen molar-refractivity contribution in [3.8, 4) is 0 Å². The molecule has 0 aromatic carbocycles. The SMILES string of the molecule is CCCCCCCCNCc1c(Br)c(C)nn1CC. The summed E-state index contributed by atoms with van der Waals surface area (Å²) in [5.74, 6) is 0. The van der Waals surface area contributed by atoms with E-state index in [0.29, 0.717) is 0 Å². The first kappa shape index (κ1) is 16.7. The van der Waals surface area contributed by atoms with E-state index in [1.54, 1.807) is 0 Å². The van der Waals surface area contributed by atoms with E-state index in [2.05, 4.69) is 44.9 Å². The zero-order chi connectivity index (χ0) is 14.1. The highest BCUT2D eigenvalue weighted by molar-refractivity contribution is 9.10. The van der Waals surface area contributed by atoms with Crippen LogP contribution < -0.4 is 5.32 Å². The summed E-state index contributed by atoms with van der Waals surface area (Å²) >= 11 is 3.63. The van der Waals surface area contributed by atoms with E-state index in [-0.39, 0.29) is 0 Å². The summed E-state index contributed by atoms with van der Waals surface area (Å²) in [6.07, 6.45) is 8.11. The van der Waals surface area contributed by atoms with Crippen LogP contribution in [-0.2, 0) is 13.1 Å². The number of halogens is 1. The molecule has 0 bridgehead atoms. The summed E-state index contributed by atoms with van der Waals surface area (Å²) in [6, 6.07) is 0. The lowest BCUT2D eigenvalue weighted by atomic mass is 10.1. The van der Waals surface area contributed by atoms with E-state index in [1.165, 1.54) is 44.2 Å². The van der Waals surface area contributed by atoms with E-state index in [0.717, 1.165) is 29.8 Å². The van der Waals surface area contributed by atoms with Gasteiger partial charge in [0.25, 0.3) is 0 Å². The number of unbranched alkanes of at least 4 members (excludes halogenated alkanes) is 5. The lowest BCUT2D eigenvalue weighted by Crippen LogP contribution is -2.18. The van der Waals surface area contributed by atoms with Gasteiger partial charge in [0, 0.05) is 13.1 Å². The van der Waals surface area contributed by atoms with Crippen LogP contribution in [0.4, 0.5) is 0 Å². The summed E-state index contributed by atoms with van der Waals surface area (Å²) in [4.78, 5) is 0. The maximum atomic E-state index is 4.51. The molecule has 0 spiro atoms. The van der Waals surface area contributed by atoms with Crippen LogP contribution in [0.15, 0.2) is 4.47 Å². The third-order valence-electron chi connectivity index (χ3n) is 3.45. The summed E-state index contributed by atoms with van der Waals surface area (Å²) in [6.45, 7) is 9.39. The monoisotopic (exact) mass is 329 g/mol. The van der Waals surface area contributed by atoms with E-state index in [9.17, 15) is 0 Å². The fraction of sp³-hybridized carbons (Fsp3) is 0.800. The molecule has 0 saturated carbocycles. The van der Waals surface area contributed by atoms with Crippen molar-refractivity contribution >= 4 is 15.9 Å². The first-order valence-corrected chi connectivity index (χ1v) is 8.42. The number of rotatable bonds is 10. The smallest absolute Gasteiger partial charge is 0.0739 e. The van der Waals surface area contributed by atoms with Gasteiger partial charge < -0.3 is 5.32 Å². The van der Waals surface area contributed by atoms with E-state index in [1.807, 2.05) is 6.92 Å². The summed E-state index contributed by atoms with van der Waals surface area (Å²) in [7, 11) is 0. The van der Waals surface area contributed by atoms with Gasteiger partial charge in [-0.2, -0.15) is 5.10 Å². The highest BCUT2D eigenvalue weighted by Gasteiger charge is 2.10. The molecule has 4 heteroatoms. The van der Waals surface area contributed by atoms with Crippen LogP contribution in [0.3, 0.4) is 0 Å². The number of hydrogen-bond acceptors (Lipinski definition) is 2. The fourth-order valence-corrected chi connectivity index (χ4v) is 2.70. The predicted octanol–water partition coefficient (Wildman–Crippen LogP) is 4.42. The normalized spacial score (nSPS) is 11.2. The lowest BCUT2D eigenvalue weighted by Gasteiger charge is -2.07. The molecule has 0 amide bonds.